The molecule has 0 saturated heterocycles. The number of hydrogen-bond donors (Lipinski definition) is 1. The summed E-state index contributed by atoms with van der Waals surface area (Å²) in [4.78, 5) is 12.0. The third kappa shape index (κ3) is 4.29. The number of hydrogen-bond acceptors (Lipinski definition) is 3. The van der Waals surface area contributed by atoms with E-state index in [9.17, 15) is 4.79 Å². The summed E-state index contributed by atoms with van der Waals surface area (Å²) in [5.74, 6) is 1.88. The molecular formula is C18H22ClNO3. The van der Waals surface area contributed by atoms with E-state index in [0.717, 1.165) is 22.4 Å². The van der Waals surface area contributed by atoms with Crippen LogP contribution in [0, 0.1) is 27.7 Å². The van der Waals surface area contributed by atoms with Gasteiger partial charge >= 0.3 is 0 Å². The molecule has 2 rings (SSSR count). The summed E-state index contributed by atoms with van der Waals surface area (Å²) in [6.07, 6.45) is 0. The van der Waals surface area contributed by atoms with Crippen molar-refractivity contribution in [2.24, 2.45) is 0 Å². The van der Waals surface area contributed by atoms with Crippen LogP contribution >= 0.6 is 11.6 Å². The summed E-state index contributed by atoms with van der Waals surface area (Å²) in [5, 5.41) is 2.78. The molecule has 1 aromatic carbocycles. The Morgan fingerprint density at radius 2 is 1.96 bits per heavy atom. The molecule has 23 heavy (non-hydrogen) atoms. The Kier molecular flexibility index (Phi) is 5.72. The predicted octanol–water partition coefficient (Wildman–Crippen LogP) is 4.06. The van der Waals surface area contributed by atoms with E-state index in [1.807, 2.05) is 19.9 Å². The topological polar surface area (TPSA) is 51.5 Å². The van der Waals surface area contributed by atoms with Gasteiger partial charge in [0.1, 0.15) is 18.1 Å². The number of ether oxygens (including phenoxy) is 1. The van der Waals surface area contributed by atoms with E-state index in [1.165, 1.54) is 5.56 Å². The minimum Gasteiger partial charge on any atom is -0.491 e. The molecule has 2 aromatic rings. The van der Waals surface area contributed by atoms with Crippen LogP contribution in [0.15, 0.2) is 22.6 Å². The molecule has 0 saturated carbocycles. The first-order valence-corrected chi connectivity index (χ1v) is 8.10. The largest absolute Gasteiger partial charge is 0.491 e. The zero-order valence-corrected chi connectivity index (χ0v) is 14.7. The van der Waals surface area contributed by atoms with Gasteiger partial charge in [0.05, 0.1) is 12.4 Å². The molecule has 0 fully saturated rings. The van der Waals surface area contributed by atoms with Crippen molar-refractivity contribution >= 4 is 17.5 Å². The highest BCUT2D eigenvalue weighted by atomic mass is 35.5. The van der Waals surface area contributed by atoms with Crippen molar-refractivity contribution < 1.29 is 13.9 Å². The van der Waals surface area contributed by atoms with E-state index in [-0.39, 0.29) is 11.7 Å². The standard InChI is InChI=1S/C18H22ClNO3/c1-11-7-12(2)13(3)16(8-11)22-6-5-20-18(21)17-9-15(10-19)14(4)23-17/h7-9H,5-6,10H2,1-4H3,(H,20,21). The van der Waals surface area contributed by atoms with Gasteiger partial charge in [-0.1, -0.05) is 6.07 Å². The van der Waals surface area contributed by atoms with Gasteiger partial charge in [0.2, 0.25) is 0 Å². The highest BCUT2D eigenvalue weighted by Gasteiger charge is 2.13. The van der Waals surface area contributed by atoms with Crippen LogP contribution in [-0.4, -0.2) is 19.1 Å². The lowest BCUT2D eigenvalue weighted by Crippen LogP contribution is -2.27. The summed E-state index contributed by atoms with van der Waals surface area (Å²) < 4.78 is 11.2. The second-order valence-corrected chi connectivity index (χ2v) is 5.90. The Morgan fingerprint density at radius 1 is 1.22 bits per heavy atom. The Hall–Kier alpha value is -1.94. The van der Waals surface area contributed by atoms with E-state index >= 15 is 0 Å². The highest BCUT2D eigenvalue weighted by molar-refractivity contribution is 6.17. The Balaban J connectivity index is 1.86. The molecule has 0 spiro atoms. The van der Waals surface area contributed by atoms with Gasteiger partial charge in [-0.3, -0.25) is 4.79 Å². The summed E-state index contributed by atoms with van der Waals surface area (Å²) >= 11 is 5.77. The van der Waals surface area contributed by atoms with Gasteiger partial charge in [0, 0.05) is 5.56 Å². The monoisotopic (exact) mass is 335 g/mol. The number of rotatable bonds is 6. The fourth-order valence-corrected chi connectivity index (χ4v) is 2.59. The second kappa shape index (κ2) is 7.55. The molecule has 0 unspecified atom stereocenters. The molecule has 1 amide bonds. The minimum absolute atomic E-state index is 0.259. The first kappa shape index (κ1) is 17.4. The summed E-state index contributed by atoms with van der Waals surface area (Å²) in [7, 11) is 0. The van der Waals surface area contributed by atoms with Crippen LogP contribution in [0.3, 0.4) is 0 Å². The molecule has 4 nitrogen and oxygen atoms in total. The van der Waals surface area contributed by atoms with Crippen LogP contribution in [0.2, 0.25) is 0 Å². The molecule has 0 aliphatic heterocycles. The molecule has 1 aromatic heterocycles. The lowest BCUT2D eigenvalue weighted by Gasteiger charge is -2.12. The maximum absolute atomic E-state index is 12.0. The van der Waals surface area contributed by atoms with E-state index in [4.69, 9.17) is 20.8 Å². The van der Waals surface area contributed by atoms with Gasteiger partial charge in [-0.25, -0.2) is 0 Å². The number of alkyl halides is 1. The predicted molar refractivity (Wildman–Crippen MR) is 91.5 cm³/mol. The third-order valence-corrected chi connectivity index (χ3v) is 4.09. The van der Waals surface area contributed by atoms with E-state index in [2.05, 4.69) is 18.3 Å². The minimum atomic E-state index is -0.259. The summed E-state index contributed by atoms with van der Waals surface area (Å²) in [6, 6.07) is 5.80. The average Bonchev–Trinajstić information content (AvgIpc) is 2.89. The number of aryl methyl sites for hydroxylation is 3. The molecule has 5 heteroatoms. The van der Waals surface area contributed by atoms with E-state index < -0.39 is 0 Å². The lowest BCUT2D eigenvalue weighted by molar-refractivity contribution is 0.0918. The van der Waals surface area contributed by atoms with Gasteiger partial charge in [-0.05, 0) is 56.5 Å². The van der Waals surface area contributed by atoms with Crippen molar-refractivity contribution in [3.8, 4) is 5.75 Å². The number of carbonyl (C=O) groups excluding carboxylic acids is 1. The van der Waals surface area contributed by atoms with Crippen molar-refractivity contribution in [1.29, 1.82) is 0 Å². The van der Waals surface area contributed by atoms with Crippen molar-refractivity contribution in [2.45, 2.75) is 33.6 Å². The first-order valence-electron chi connectivity index (χ1n) is 7.56. The molecular weight excluding hydrogens is 314 g/mol. The molecule has 0 aliphatic rings. The summed E-state index contributed by atoms with van der Waals surface area (Å²) in [6.45, 7) is 8.72. The highest BCUT2D eigenvalue weighted by Crippen LogP contribution is 2.23. The molecule has 1 N–H and O–H groups in total. The zero-order chi connectivity index (χ0) is 17.0. The third-order valence-electron chi connectivity index (χ3n) is 3.80. The van der Waals surface area contributed by atoms with E-state index in [1.54, 1.807) is 13.0 Å². The van der Waals surface area contributed by atoms with Crippen molar-refractivity contribution in [3.63, 3.8) is 0 Å². The zero-order valence-electron chi connectivity index (χ0n) is 14.0. The van der Waals surface area contributed by atoms with Gasteiger partial charge in [-0.2, -0.15) is 0 Å². The van der Waals surface area contributed by atoms with Gasteiger partial charge < -0.3 is 14.5 Å². The van der Waals surface area contributed by atoms with Crippen molar-refractivity contribution in [1.82, 2.24) is 5.32 Å². The van der Waals surface area contributed by atoms with Crippen LogP contribution in [0.1, 0.15) is 38.6 Å². The Morgan fingerprint density at radius 3 is 2.61 bits per heavy atom. The number of furan rings is 1. The van der Waals surface area contributed by atoms with Crippen molar-refractivity contribution in [3.05, 3.63) is 52.0 Å². The number of benzene rings is 1. The SMILES string of the molecule is Cc1cc(C)c(C)c(OCCNC(=O)c2cc(CCl)c(C)o2)c1. The van der Waals surface area contributed by atoms with Gasteiger partial charge in [0.15, 0.2) is 5.76 Å². The van der Waals surface area contributed by atoms with Crippen LogP contribution < -0.4 is 10.1 Å². The Bertz CT molecular complexity index is 707. The number of amides is 1. The molecule has 0 bridgehead atoms. The van der Waals surface area contributed by atoms with Crippen LogP contribution in [0.4, 0.5) is 0 Å². The van der Waals surface area contributed by atoms with Crippen LogP contribution in [0.25, 0.3) is 0 Å². The number of halogens is 1. The second-order valence-electron chi connectivity index (χ2n) is 5.64. The fourth-order valence-electron chi connectivity index (χ4n) is 2.33. The number of carbonyl (C=O) groups is 1. The number of nitrogens with one attached hydrogen (secondary N) is 1. The normalized spacial score (nSPS) is 10.7. The Labute approximate surface area is 141 Å². The van der Waals surface area contributed by atoms with E-state index in [0.29, 0.717) is 24.8 Å². The van der Waals surface area contributed by atoms with Crippen LogP contribution in [0.5, 0.6) is 5.75 Å². The molecule has 1 heterocycles. The smallest absolute Gasteiger partial charge is 0.287 e. The first-order chi connectivity index (χ1) is 10.9. The molecule has 0 radical (unpaired) electrons. The molecule has 0 atom stereocenters. The maximum Gasteiger partial charge on any atom is 0.287 e. The fraction of sp³-hybridized carbons (Fsp3) is 0.389. The van der Waals surface area contributed by atoms with Gasteiger partial charge in [-0.15, -0.1) is 11.6 Å². The maximum atomic E-state index is 12.0. The lowest BCUT2D eigenvalue weighted by atomic mass is 10.1. The quantitative estimate of drug-likeness (QED) is 0.639. The molecule has 0 aliphatic carbocycles. The average molecular weight is 336 g/mol. The molecule has 124 valence electrons. The van der Waals surface area contributed by atoms with Gasteiger partial charge in [0.25, 0.3) is 5.91 Å². The van der Waals surface area contributed by atoms with Crippen LogP contribution in [-0.2, 0) is 5.88 Å². The summed E-state index contributed by atoms with van der Waals surface area (Å²) in [5.41, 5.74) is 4.31. The van der Waals surface area contributed by atoms with Crippen molar-refractivity contribution in [2.75, 3.05) is 13.2 Å².